The van der Waals surface area contributed by atoms with Gasteiger partial charge in [-0.25, -0.2) is 0 Å². The normalized spacial score (nSPS) is 17.1. The van der Waals surface area contributed by atoms with Gasteiger partial charge in [0.2, 0.25) is 0 Å². The minimum Gasteiger partial charge on any atom is -0.383 e. The lowest BCUT2D eigenvalue weighted by atomic mass is 9.75. The topological polar surface area (TPSA) is 12.0 Å². The van der Waals surface area contributed by atoms with Gasteiger partial charge in [-0.05, 0) is 24.5 Å². The van der Waals surface area contributed by atoms with Crippen molar-refractivity contribution >= 4 is 5.69 Å². The number of alkyl halides is 3. The van der Waals surface area contributed by atoms with E-state index in [-0.39, 0.29) is 5.41 Å². The van der Waals surface area contributed by atoms with Crippen LogP contribution in [0.1, 0.15) is 50.7 Å². The summed E-state index contributed by atoms with van der Waals surface area (Å²) >= 11 is 0. The molecule has 0 saturated heterocycles. The van der Waals surface area contributed by atoms with Crippen molar-refractivity contribution in [3.63, 3.8) is 0 Å². The Kier molecular flexibility index (Phi) is 3.79. The standard InChI is InChI=1S/C15H20F3N/c1-3-8-14(9-4-2)10-19-13-11(14)6-5-7-12(13)15(16,17)18/h5-7,19H,3-4,8-10H2,1-2H3. The van der Waals surface area contributed by atoms with Crippen LogP contribution in [0.15, 0.2) is 18.2 Å². The highest BCUT2D eigenvalue weighted by atomic mass is 19.4. The molecule has 0 radical (unpaired) electrons. The lowest BCUT2D eigenvalue weighted by Gasteiger charge is -2.29. The number of benzene rings is 1. The molecule has 2 rings (SSSR count). The highest BCUT2D eigenvalue weighted by Gasteiger charge is 2.43. The second kappa shape index (κ2) is 5.06. The number of rotatable bonds is 4. The average Bonchev–Trinajstić information content (AvgIpc) is 2.68. The molecule has 0 unspecified atom stereocenters. The zero-order valence-electron chi connectivity index (χ0n) is 11.4. The summed E-state index contributed by atoms with van der Waals surface area (Å²) in [4.78, 5) is 0. The Hall–Kier alpha value is -1.19. The van der Waals surface area contributed by atoms with Crippen molar-refractivity contribution in [3.05, 3.63) is 29.3 Å². The number of hydrogen-bond acceptors (Lipinski definition) is 1. The number of para-hydroxylation sites is 1. The van der Waals surface area contributed by atoms with Crippen LogP contribution in [0.4, 0.5) is 18.9 Å². The van der Waals surface area contributed by atoms with Gasteiger partial charge < -0.3 is 5.32 Å². The SMILES string of the molecule is CCCC1(CCC)CNc2c(C(F)(F)F)cccc21. The van der Waals surface area contributed by atoms with Gasteiger partial charge in [0, 0.05) is 12.0 Å². The summed E-state index contributed by atoms with van der Waals surface area (Å²) < 4.78 is 39.1. The van der Waals surface area contributed by atoms with Crippen LogP contribution in [-0.2, 0) is 11.6 Å². The Bertz CT molecular complexity index is 445. The van der Waals surface area contributed by atoms with Crippen molar-refractivity contribution in [2.45, 2.75) is 51.1 Å². The van der Waals surface area contributed by atoms with Gasteiger partial charge >= 0.3 is 6.18 Å². The van der Waals surface area contributed by atoms with E-state index in [2.05, 4.69) is 19.2 Å². The molecule has 0 aromatic heterocycles. The van der Waals surface area contributed by atoms with Gasteiger partial charge in [0.25, 0.3) is 0 Å². The highest BCUT2D eigenvalue weighted by molar-refractivity contribution is 5.66. The lowest BCUT2D eigenvalue weighted by Crippen LogP contribution is -2.28. The maximum absolute atomic E-state index is 13.0. The molecular formula is C15H20F3N. The predicted octanol–water partition coefficient (Wildman–Crippen LogP) is 4.97. The van der Waals surface area contributed by atoms with Crippen LogP contribution in [0.3, 0.4) is 0 Å². The molecule has 1 aromatic carbocycles. The van der Waals surface area contributed by atoms with Crippen molar-refractivity contribution < 1.29 is 13.2 Å². The fraction of sp³-hybridized carbons (Fsp3) is 0.600. The van der Waals surface area contributed by atoms with Crippen molar-refractivity contribution in [1.29, 1.82) is 0 Å². The van der Waals surface area contributed by atoms with Crippen LogP contribution in [0.25, 0.3) is 0 Å². The molecule has 0 fully saturated rings. The van der Waals surface area contributed by atoms with Crippen molar-refractivity contribution in [1.82, 2.24) is 0 Å². The van der Waals surface area contributed by atoms with Crippen LogP contribution in [-0.4, -0.2) is 6.54 Å². The molecular weight excluding hydrogens is 251 g/mol. The average molecular weight is 271 g/mol. The second-order valence-electron chi connectivity index (χ2n) is 5.36. The molecule has 4 heteroatoms. The van der Waals surface area contributed by atoms with Gasteiger partial charge in [0.15, 0.2) is 0 Å². The largest absolute Gasteiger partial charge is 0.418 e. The number of nitrogens with one attached hydrogen (secondary N) is 1. The first kappa shape index (κ1) is 14.2. The summed E-state index contributed by atoms with van der Waals surface area (Å²) in [5.41, 5.74) is 0.502. The van der Waals surface area contributed by atoms with Gasteiger partial charge in [-0.2, -0.15) is 13.2 Å². The van der Waals surface area contributed by atoms with Gasteiger partial charge in [-0.3, -0.25) is 0 Å². The maximum Gasteiger partial charge on any atom is 0.418 e. The molecule has 1 aromatic rings. The third-order valence-corrected chi connectivity index (χ3v) is 4.00. The molecule has 106 valence electrons. The molecule has 1 heterocycles. The predicted molar refractivity (Wildman–Crippen MR) is 71.4 cm³/mol. The third kappa shape index (κ3) is 2.45. The summed E-state index contributed by atoms with van der Waals surface area (Å²) in [7, 11) is 0. The van der Waals surface area contributed by atoms with E-state index in [1.54, 1.807) is 0 Å². The first-order valence-corrected chi connectivity index (χ1v) is 6.89. The molecule has 1 N–H and O–H groups in total. The van der Waals surface area contributed by atoms with E-state index in [4.69, 9.17) is 0 Å². The Balaban J connectivity index is 2.50. The summed E-state index contributed by atoms with van der Waals surface area (Å²) in [6, 6.07) is 4.56. The zero-order chi connectivity index (χ0) is 14.1. The molecule has 19 heavy (non-hydrogen) atoms. The van der Waals surface area contributed by atoms with Crippen molar-refractivity contribution in [2.24, 2.45) is 0 Å². The Morgan fingerprint density at radius 2 is 1.79 bits per heavy atom. The number of fused-ring (bicyclic) bond motifs is 1. The Morgan fingerprint density at radius 3 is 2.32 bits per heavy atom. The minimum atomic E-state index is -4.28. The highest BCUT2D eigenvalue weighted by Crippen LogP contribution is 2.48. The van der Waals surface area contributed by atoms with Gasteiger partial charge in [0.05, 0.1) is 11.3 Å². The Labute approximate surface area is 112 Å². The summed E-state index contributed by atoms with van der Waals surface area (Å²) in [6.07, 6.45) is -0.452. The van der Waals surface area contributed by atoms with Crippen LogP contribution in [0.2, 0.25) is 0 Å². The lowest BCUT2D eigenvalue weighted by molar-refractivity contribution is -0.136. The number of halogens is 3. The summed E-state index contributed by atoms with van der Waals surface area (Å²) in [6.45, 7) is 4.79. The molecule has 0 bridgehead atoms. The van der Waals surface area contributed by atoms with Gasteiger partial charge in [-0.1, -0.05) is 38.8 Å². The van der Waals surface area contributed by atoms with Gasteiger partial charge in [-0.15, -0.1) is 0 Å². The van der Waals surface area contributed by atoms with Crippen LogP contribution in [0, 0.1) is 0 Å². The summed E-state index contributed by atoms with van der Waals surface area (Å²) in [5.74, 6) is 0. The summed E-state index contributed by atoms with van der Waals surface area (Å²) in [5, 5.41) is 3.02. The van der Waals surface area contributed by atoms with Crippen LogP contribution < -0.4 is 5.32 Å². The molecule has 0 atom stereocenters. The maximum atomic E-state index is 13.0. The first-order chi connectivity index (χ1) is 8.94. The molecule has 0 amide bonds. The van der Waals surface area contributed by atoms with Crippen molar-refractivity contribution in [3.8, 4) is 0 Å². The molecule has 1 aliphatic heterocycles. The number of hydrogen-bond donors (Lipinski definition) is 1. The smallest absolute Gasteiger partial charge is 0.383 e. The van der Waals surface area contributed by atoms with E-state index in [1.807, 2.05) is 6.07 Å². The van der Waals surface area contributed by atoms with E-state index in [0.29, 0.717) is 12.2 Å². The molecule has 0 aliphatic carbocycles. The second-order valence-corrected chi connectivity index (χ2v) is 5.36. The minimum absolute atomic E-state index is 0.125. The molecule has 1 aliphatic rings. The van der Waals surface area contributed by atoms with Crippen LogP contribution in [0.5, 0.6) is 0 Å². The zero-order valence-corrected chi connectivity index (χ0v) is 11.4. The monoisotopic (exact) mass is 271 g/mol. The van der Waals surface area contributed by atoms with E-state index in [1.165, 1.54) is 12.1 Å². The van der Waals surface area contributed by atoms with Gasteiger partial charge in [0.1, 0.15) is 0 Å². The third-order valence-electron chi connectivity index (χ3n) is 4.00. The van der Waals surface area contributed by atoms with E-state index in [9.17, 15) is 13.2 Å². The molecule has 0 spiro atoms. The first-order valence-electron chi connectivity index (χ1n) is 6.89. The van der Waals surface area contributed by atoms with Crippen LogP contribution >= 0.6 is 0 Å². The van der Waals surface area contributed by atoms with E-state index >= 15 is 0 Å². The number of anilines is 1. The van der Waals surface area contributed by atoms with E-state index in [0.717, 1.165) is 31.2 Å². The fourth-order valence-electron chi connectivity index (χ4n) is 3.30. The molecule has 1 nitrogen and oxygen atoms in total. The quantitative estimate of drug-likeness (QED) is 0.815. The molecule has 0 saturated carbocycles. The van der Waals surface area contributed by atoms with Crippen molar-refractivity contribution in [2.75, 3.05) is 11.9 Å². The Morgan fingerprint density at radius 1 is 1.16 bits per heavy atom. The van der Waals surface area contributed by atoms with E-state index < -0.39 is 11.7 Å². The fourth-order valence-corrected chi connectivity index (χ4v) is 3.30.